The summed E-state index contributed by atoms with van der Waals surface area (Å²) in [4.78, 5) is 0. The molecule has 0 atom stereocenters. The molecule has 14 rings (SSSR count). The van der Waals surface area contributed by atoms with Crippen LogP contribution in [0.3, 0.4) is 0 Å². The number of hydrogen-bond acceptors (Lipinski definition) is 0. The average molecular weight is 795 g/mol. The van der Waals surface area contributed by atoms with Crippen LogP contribution < -0.4 is 0 Å². The summed E-state index contributed by atoms with van der Waals surface area (Å²) in [5.74, 6) is 0. The first-order valence-corrected chi connectivity index (χ1v) is 22.1. The summed E-state index contributed by atoms with van der Waals surface area (Å²) in [6, 6.07) is 86.6. The molecule has 2 aliphatic carbocycles. The quantitative estimate of drug-likeness (QED) is 0.123. The minimum atomic E-state index is -0.485. The lowest BCUT2D eigenvalue weighted by Gasteiger charge is -2.32. The largest absolute Gasteiger partial charge is 0.0731 e. The average Bonchev–Trinajstić information content (AvgIpc) is 3.82. The molecule has 0 nitrogen and oxygen atoms in total. The molecule has 0 unspecified atom stereocenters. The Bertz CT molecular complexity index is 3800. The van der Waals surface area contributed by atoms with Crippen LogP contribution in [-0.2, 0) is 5.41 Å². The number of rotatable bonds is 3. The minimum absolute atomic E-state index is 0.485. The fraction of sp³-hybridized carbons (Fsp3) is 0.0159. The third-order valence-electron chi connectivity index (χ3n) is 14.4. The lowest BCUT2D eigenvalue weighted by Crippen LogP contribution is -2.26. The fourth-order valence-corrected chi connectivity index (χ4v) is 11.9. The number of fused-ring (bicyclic) bond motifs is 18. The molecule has 1 spiro atoms. The third-order valence-corrected chi connectivity index (χ3v) is 14.4. The minimum Gasteiger partial charge on any atom is -0.0622 e. The molecular formula is C63H38. The maximum atomic E-state index is 2.56. The lowest BCUT2D eigenvalue weighted by molar-refractivity contribution is 0.803. The molecule has 0 saturated carbocycles. The van der Waals surface area contributed by atoms with Crippen molar-refractivity contribution in [2.45, 2.75) is 5.41 Å². The van der Waals surface area contributed by atoms with Gasteiger partial charge in [-0.05, 0) is 156 Å². The van der Waals surface area contributed by atoms with Crippen molar-refractivity contribution in [1.29, 1.82) is 0 Å². The Hall–Kier alpha value is -8.06. The molecule has 0 radical (unpaired) electrons. The first kappa shape index (κ1) is 34.6. The number of hydrogen-bond donors (Lipinski definition) is 0. The second kappa shape index (κ2) is 13.0. The Morgan fingerprint density at radius 3 is 1.30 bits per heavy atom. The summed E-state index contributed by atoms with van der Waals surface area (Å²) in [7, 11) is 0. The molecule has 0 amide bonds. The first-order chi connectivity index (χ1) is 31.3. The molecule has 12 aromatic carbocycles. The van der Waals surface area contributed by atoms with Gasteiger partial charge in [0.2, 0.25) is 0 Å². The zero-order valence-electron chi connectivity index (χ0n) is 34.4. The van der Waals surface area contributed by atoms with Gasteiger partial charge in [0.15, 0.2) is 0 Å². The Balaban J connectivity index is 1.06. The molecule has 0 aromatic heterocycles. The van der Waals surface area contributed by atoms with Crippen LogP contribution >= 0.6 is 0 Å². The predicted octanol–water partition coefficient (Wildman–Crippen LogP) is 16.8. The van der Waals surface area contributed by atoms with E-state index in [1.165, 1.54) is 132 Å². The Morgan fingerprint density at radius 2 is 0.683 bits per heavy atom. The fourth-order valence-electron chi connectivity index (χ4n) is 11.9. The van der Waals surface area contributed by atoms with Crippen LogP contribution in [0.15, 0.2) is 231 Å². The highest BCUT2D eigenvalue weighted by atomic mass is 14.5. The Morgan fingerprint density at radius 1 is 0.222 bits per heavy atom. The zero-order chi connectivity index (χ0) is 41.2. The van der Waals surface area contributed by atoms with E-state index in [1.54, 1.807) is 0 Å². The van der Waals surface area contributed by atoms with Crippen LogP contribution in [-0.4, -0.2) is 0 Å². The van der Waals surface area contributed by atoms with Gasteiger partial charge < -0.3 is 0 Å². The summed E-state index contributed by atoms with van der Waals surface area (Å²) in [6.45, 7) is 0. The van der Waals surface area contributed by atoms with E-state index in [0.717, 1.165) is 0 Å². The van der Waals surface area contributed by atoms with E-state index < -0.39 is 5.41 Å². The van der Waals surface area contributed by atoms with Gasteiger partial charge in [-0.15, -0.1) is 0 Å². The van der Waals surface area contributed by atoms with Gasteiger partial charge in [0.25, 0.3) is 0 Å². The normalized spacial score (nSPS) is 13.2. The van der Waals surface area contributed by atoms with E-state index in [1.807, 2.05) is 0 Å². The summed E-state index contributed by atoms with van der Waals surface area (Å²) in [5.41, 5.74) is 17.8. The molecule has 0 heterocycles. The van der Waals surface area contributed by atoms with E-state index in [2.05, 4.69) is 231 Å². The molecule has 0 aliphatic heterocycles. The predicted molar refractivity (Wildman–Crippen MR) is 267 cm³/mol. The van der Waals surface area contributed by atoms with Crippen molar-refractivity contribution < 1.29 is 0 Å². The van der Waals surface area contributed by atoms with Gasteiger partial charge in [-0.25, -0.2) is 0 Å². The summed E-state index contributed by atoms with van der Waals surface area (Å²) in [6.07, 6.45) is 0. The highest BCUT2D eigenvalue weighted by Crippen LogP contribution is 2.66. The van der Waals surface area contributed by atoms with E-state index >= 15 is 0 Å². The SMILES string of the molecule is c1ccc(-c2cccc(-c3c4ccccc4c(-c4ccc5cc6c(cc5c4)C4(c5ccccc5-c5ccccc54)c4c-6c5ccccc5c5ccccc45)c4ccccc34)c2)cc1. The van der Waals surface area contributed by atoms with Crippen LogP contribution in [0.4, 0.5) is 0 Å². The van der Waals surface area contributed by atoms with Crippen molar-refractivity contribution in [2.24, 2.45) is 0 Å². The third kappa shape index (κ3) is 4.65. The molecule has 0 N–H and O–H groups in total. The first-order valence-electron chi connectivity index (χ1n) is 22.1. The van der Waals surface area contributed by atoms with E-state index in [0.29, 0.717) is 0 Å². The van der Waals surface area contributed by atoms with Crippen LogP contribution in [0.2, 0.25) is 0 Å². The smallest absolute Gasteiger partial charge is 0.0622 e. The lowest BCUT2D eigenvalue weighted by atomic mass is 9.69. The van der Waals surface area contributed by atoms with Gasteiger partial charge in [-0.1, -0.05) is 206 Å². The van der Waals surface area contributed by atoms with Gasteiger partial charge in [0.1, 0.15) is 0 Å². The zero-order valence-corrected chi connectivity index (χ0v) is 34.4. The summed E-state index contributed by atoms with van der Waals surface area (Å²) >= 11 is 0. The summed E-state index contributed by atoms with van der Waals surface area (Å²) < 4.78 is 0. The Kier molecular flexibility index (Phi) is 7.13. The molecule has 290 valence electrons. The second-order valence-electron chi connectivity index (χ2n) is 17.4. The monoisotopic (exact) mass is 794 g/mol. The molecule has 0 saturated heterocycles. The van der Waals surface area contributed by atoms with Crippen LogP contribution in [0, 0.1) is 0 Å². The Labute approximate surface area is 366 Å². The van der Waals surface area contributed by atoms with Crippen molar-refractivity contribution in [2.75, 3.05) is 0 Å². The highest BCUT2D eigenvalue weighted by molar-refractivity contribution is 6.23. The molecule has 2 aliphatic rings. The molecule has 0 heteroatoms. The van der Waals surface area contributed by atoms with Crippen molar-refractivity contribution in [3.05, 3.63) is 253 Å². The van der Waals surface area contributed by atoms with Gasteiger partial charge in [-0.2, -0.15) is 0 Å². The molecular weight excluding hydrogens is 757 g/mol. The van der Waals surface area contributed by atoms with Crippen LogP contribution in [0.1, 0.15) is 22.3 Å². The van der Waals surface area contributed by atoms with E-state index in [4.69, 9.17) is 0 Å². The maximum Gasteiger partial charge on any atom is 0.0731 e. The number of benzene rings is 12. The van der Waals surface area contributed by atoms with Gasteiger partial charge in [0, 0.05) is 0 Å². The molecule has 0 bridgehead atoms. The van der Waals surface area contributed by atoms with Gasteiger partial charge in [-0.3, -0.25) is 0 Å². The highest BCUT2D eigenvalue weighted by Gasteiger charge is 2.53. The standard InChI is InChI=1S/C63H38/c1-2-17-39(18-3-1)40-19-16-20-42(35-40)59-50-26-7-9-28-52(50)60(53-29-10-8-27-51(53)59)43-34-33-41-37-55-58(38-44(41)36-43)63(56-31-14-12-23-47(56)48-24-13-15-32-57(48)63)62-54-30-11-5-22-46(54)45-21-4-6-25-49(45)61(55)62/h1-38H. The molecule has 0 fully saturated rings. The van der Waals surface area contributed by atoms with Crippen molar-refractivity contribution >= 4 is 53.9 Å². The van der Waals surface area contributed by atoms with Gasteiger partial charge >= 0.3 is 0 Å². The van der Waals surface area contributed by atoms with E-state index in [9.17, 15) is 0 Å². The van der Waals surface area contributed by atoms with E-state index in [-0.39, 0.29) is 0 Å². The molecule has 63 heavy (non-hydrogen) atoms. The second-order valence-corrected chi connectivity index (χ2v) is 17.4. The van der Waals surface area contributed by atoms with Crippen LogP contribution in [0.25, 0.3) is 109 Å². The molecule has 12 aromatic rings. The van der Waals surface area contributed by atoms with Gasteiger partial charge in [0.05, 0.1) is 5.41 Å². The van der Waals surface area contributed by atoms with Crippen molar-refractivity contribution in [1.82, 2.24) is 0 Å². The topological polar surface area (TPSA) is 0 Å². The summed E-state index contributed by atoms with van der Waals surface area (Å²) in [5, 5.41) is 12.8. The van der Waals surface area contributed by atoms with Crippen LogP contribution in [0.5, 0.6) is 0 Å². The van der Waals surface area contributed by atoms with Crippen molar-refractivity contribution in [3.8, 4) is 55.6 Å². The maximum absolute atomic E-state index is 2.56. The van der Waals surface area contributed by atoms with Crippen molar-refractivity contribution in [3.63, 3.8) is 0 Å².